The largest absolute Gasteiger partial charge is 0.507 e. The molecule has 2 aromatic carbocycles. The first-order valence-corrected chi connectivity index (χ1v) is 21.1. The molecule has 0 spiro atoms. The van der Waals surface area contributed by atoms with E-state index in [0.717, 1.165) is 78.0 Å². The van der Waals surface area contributed by atoms with Crippen LogP contribution in [0.1, 0.15) is 168 Å². The quantitative estimate of drug-likeness (QED) is 0.110. The number of ether oxygens (including phenoxy) is 1. The third-order valence-corrected chi connectivity index (χ3v) is 11.5. The summed E-state index contributed by atoms with van der Waals surface area (Å²) in [5.41, 5.74) is 6.56. The maximum atomic E-state index is 11.5. The van der Waals surface area contributed by atoms with Crippen LogP contribution >= 0.6 is 12.2 Å². The summed E-state index contributed by atoms with van der Waals surface area (Å²) in [4.78, 5) is 39.2. The Labute approximate surface area is 352 Å². The summed E-state index contributed by atoms with van der Waals surface area (Å²) in [5.74, 6) is 3.91. The number of hydrogen-bond acceptors (Lipinski definition) is 6. The van der Waals surface area contributed by atoms with Crippen LogP contribution in [-0.4, -0.2) is 32.2 Å². The summed E-state index contributed by atoms with van der Waals surface area (Å²) < 4.78 is 7.01. The van der Waals surface area contributed by atoms with E-state index in [1.54, 1.807) is 37.3 Å². The van der Waals surface area contributed by atoms with Gasteiger partial charge in [0.15, 0.2) is 16.3 Å². The molecule has 9 heteroatoms. The first-order chi connectivity index (χ1) is 26.0. The number of phenolic OH excluding ortho intramolecular Hbond substituents is 1. The first-order valence-electron chi connectivity index (χ1n) is 20.7. The number of aromatic nitrogens is 2. The minimum Gasteiger partial charge on any atom is -0.507 e. The van der Waals surface area contributed by atoms with Crippen LogP contribution in [0.15, 0.2) is 46.8 Å². The van der Waals surface area contributed by atoms with Gasteiger partial charge in [0.25, 0.3) is 5.56 Å². The van der Waals surface area contributed by atoms with Gasteiger partial charge in [0, 0.05) is 51.1 Å². The monoisotopic (exact) mass is 828 g/mol. The van der Waals surface area contributed by atoms with Crippen molar-refractivity contribution in [2.24, 2.45) is 17.8 Å². The molecule has 2 aliphatic rings. The number of aromatic hydroxyl groups is 1. The summed E-state index contributed by atoms with van der Waals surface area (Å²) in [5, 5.41) is 10.4. The standard InChI is InChI=1S/C29H50O2.C11H8O2.C7H10N2OS.Fe/c1-20(2)12-9-13-21(3)14-10-15-22(4)16-11-18-29(8)19-17-26-25(7)27(30)23(5)24(6)28(26)31-29;1-7-6-10(12)8-4-2-3-5-9(8)11(7)13;1-2-3-5-4-6(10)9-7(11)8-5;/h20-22,30H,9-19H2,1-8H3;2-6H,1H3;4H,2-3H2,1H3,(H2,8,9,10,11);/t21-,22-,29-;;;/m1.../s1. The molecular weight excluding hydrogens is 760 g/mol. The van der Waals surface area contributed by atoms with Crippen LogP contribution in [0.2, 0.25) is 0 Å². The number of allylic oxidation sites excluding steroid dienone is 2. The fourth-order valence-electron chi connectivity index (χ4n) is 7.64. The second-order valence-corrected chi connectivity index (χ2v) is 17.3. The number of aromatic amines is 2. The molecule has 0 fully saturated rings. The number of H-pyrrole nitrogens is 2. The van der Waals surface area contributed by atoms with Gasteiger partial charge in [-0.25, -0.2) is 0 Å². The fraction of sp³-hybridized carbons (Fsp3) is 0.574. The minimum absolute atomic E-state index is 0. The van der Waals surface area contributed by atoms with Crippen molar-refractivity contribution < 1.29 is 36.5 Å². The Hall–Kier alpha value is -3.26. The number of aryl methyl sites for hydroxylation is 1. The molecule has 0 radical (unpaired) electrons. The Kier molecular flexibility index (Phi) is 20.3. The summed E-state index contributed by atoms with van der Waals surface area (Å²) in [6.45, 7) is 21.7. The molecule has 1 aliphatic heterocycles. The topological polar surface area (TPSA) is 112 Å². The number of phenols is 1. The van der Waals surface area contributed by atoms with E-state index in [0.29, 0.717) is 27.2 Å². The summed E-state index contributed by atoms with van der Waals surface area (Å²) in [7, 11) is 0. The number of benzene rings is 2. The van der Waals surface area contributed by atoms with E-state index in [1.807, 2.05) is 13.8 Å². The second-order valence-electron chi connectivity index (χ2n) is 16.9. The van der Waals surface area contributed by atoms with E-state index in [4.69, 9.17) is 17.0 Å². The van der Waals surface area contributed by atoms with Gasteiger partial charge in [-0.05, 0) is 119 Å². The van der Waals surface area contributed by atoms with Crippen molar-refractivity contribution in [3.8, 4) is 11.5 Å². The molecule has 310 valence electrons. The van der Waals surface area contributed by atoms with E-state index >= 15 is 0 Å². The maximum Gasteiger partial charge on any atom is 0.251 e. The number of nitrogens with one attached hydrogen (secondary N) is 2. The maximum absolute atomic E-state index is 11.5. The van der Waals surface area contributed by atoms with Gasteiger partial charge >= 0.3 is 0 Å². The van der Waals surface area contributed by atoms with Crippen molar-refractivity contribution in [2.45, 2.75) is 158 Å². The number of carbonyl (C=O) groups excluding carboxylic acids is 2. The fourth-order valence-corrected chi connectivity index (χ4v) is 7.88. The summed E-state index contributed by atoms with van der Waals surface area (Å²) in [6, 6.07) is 8.44. The van der Waals surface area contributed by atoms with E-state index in [-0.39, 0.29) is 39.8 Å². The molecule has 0 saturated heterocycles. The smallest absolute Gasteiger partial charge is 0.251 e. The molecular formula is C47H68FeN2O5S. The van der Waals surface area contributed by atoms with Crippen molar-refractivity contribution >= 4 is 23.8 Å². The molecule has 1 aromatic heterocycles. The van der Waals surface area contributed by atoms with E-state index in [2.05, 4.69) is 58.4 Å². The van der Waals surface area contributed by atoms with Gasteiger partial charge in [0.1, 0.15) is 17.1 Å². The number of ketones is 2. The van der Waals surface area contributed by atoms with Crippen molar-refractivity contribution in [1.82, 2.24) is 9.97 Å². The number of hydrogen-bond donors (Lipinski definition) is 3. The molecule has 0 bridgehead atoms. The van der Waals surface area contributed by atoms with E-state index in [9.17, 15) is 19.5 Å². The molecule has 5 rings (SSSR count). The molecule has 3 N–H and O–H groups in total. The zero-order valence-corrected chi connectivity index (χ0v) is 37.7. The summed E-state index contributed by atoms with van der Waals surface area (Å²) >= 11 is 4.79. The SMILES string of the molecule is CC1=CC(=O)c2ccccc2C1=O.CCCc1cc(=O)[nH]c(=S)[nH]1.Cc1c(C)c2c(c(C)c1O)CC[C@@](C)(CCC[C@H](C)CCC[C@H](C)CCCC(C)C)O2.[Fe]. The third-order valence-electron chi connectivity index (χ3n) is 11.3. The molecule has 3 atom stereocenters. The summed E-state index contributed by atoms with van der Waals surface area (Å²) in [6.07, 6.45) is 17.3. The van der Waals surface area contributed by atoms with Crippen LogP contribution in [0.4, 0.5) is 0 Å². The first kappa shape index (κ1) is 48.9. The number of fused-ring (bicyclic) bond motifs is 2. The minimum atomic E-state index is -0.128. The zero-order valence-electron chi connectivity index (χ0n) is 35.7. The van der Waals surface area contributed by atoms with Crippen LogP contribution in [0, 0.1) is 43.3 Å². The Balaban J connectivity index is 0.000000352. The van der Waals surface area contributed by atoms with Gasteiger partial charge < -0.3 is 14.8 Å². The number of rotatable bonds is 14. The Bertz CT molecular complexity index is 1880. The molecule has 0 amide bonds. The van der Waals surface area contributed by atoms with Gasteiger partial charge in [-0.3, -0.25) is 19.4 Å². The predicted octanol–water partition coefficient (Wildman–Crippen LogP) is 12.2. The molecule has 0 saturated carbocycles. The van der Waals surface area contributed by atoms with Gasteiger partial charge in [0.2, 0.25) is 0 Å². The zero-order chi connectivity index (χ0) is 40.9. The molecule has 2 heterocycles. The van der Waals surface area contributed by atoms with Crippen LogP contribution in [-0.2, 0) is 29.9 Å². The molecule has 1 aliphatic carbocycles. The van der Waals surface area contributed by atoms with E-state index < -0.39 is 0 Å². The second kappa shape index (κ2) is 23.2. The number of carbonyl (C=O) groups is 2. The number of Topliss-reactive ketones (excluding diaryl/α,β-unsaturated/α-hetero) is 1. The average molecular weight is 829 g/mol. The normalized spacial score (nSPS) is 16.8. The van der Waals surface area contributed by atoms with Gasteiger partial charge in [-0.2, -0.15) is 0 Å². The van der Waals surface area contributed by atoms with Crippen molar-refractivity contribution in [3.63, 3.8) is 0 Å². The molecule has 7 nitrogen and oxygen atoms in total. The predicted molar refractivity (Wildman–Crippen MR) is 229 cm³/mol. The van der Waals surface area contributed by atoms with Crippen molar-refractivity contribution in [2.75, 3.05) is 0 Å². The molecule has 56 heavy (non-hydrogen) atoms. The van der Waals surface area contributed by atoms with Crippen molar-refractivity contribution in [3.05, 3.63) is 96.2 Å². The van der Waals surface area contributed by atoms with Crippen LogP contribution in [0.5, 0.6) is 11.5 Å². The third kappa shape index (κ3) is 14.6. The van der Waals surface area contributed by atoms with Crippen LogP contribution in [0.3, 0.4) is 0 Å². The molecule has 0 unspecified atom stereocenters. The Morgan fingerprint density at radius 2 is 1.43 bits per heavy atom. The Morgan fingerprint density at radius 3 is 2.02 bits per heavy atom. The Morgan fingerprint density at radius 1 is 0.839 bits per heavy atom. The van der Waals surface area contributed by atoms with Crippen LogP contribution < -0.4 is 10.3 Å². The van der Waals surface area contributed by atoms with E-state index in [1.165, 1.54) is 63.0 Å². The van der Waals surface area contributed by atoms with Gasteiger partial charge in [-0.15, -0.1) is 0 Å². The van der Waals surface area contributed by atoms with Gasteiger partial charge in [-0.1, -0.05) is 110 Å². The van der Waals surface area contributed by atoms with Crippen molar-refractivity contribution in [1.29, 1.82) is 0 Å². The average Bonchev–Trinajstić information content (AvgIpc) is 3.12. The molecule has 3 aromatic rings. The van der Waals surface area contributed by atoms with Crippen LogP contribution in [0.25, 0.3) is 0 Å². The van der Waals surface area contributed by atoms with Gasteiger partial charge in [0.05, 0.1) is 0 Å².